The fourth-order valence-electron chi connectivity index (χ4n) is 1.35. The Bertz CT molecular complexity index is 427. The number of carbonyl (C=O) groups excluding carboxylic acids is 1. The number of hydrogen-bond acceptors (Lipinski definition) is 3. The third-order valence-electron chi connectivity index (χ3n) is 2.16. The van der Waals surface area contributed by atoms with Gasteiger partial charge in [-0.05, 0) is 5.56 Å². The van der Waals surface area contributed by atoms with Crippen molar-refractivity contribution < 1.29 is 18.3 Å². The number of methoxy groups -OCH3 is 1. The Morgan fingerprint density at radius 1 is 1.59 bits per heavy atom. The van der Waals surface area contributed by atoms with Gasteiger partial charge in [-0.25, -0.2) is 8.78 Å². The maximum absolute atomic E-state index is 12.9. The summed E-state index contributed by atoms with van der Waals surface area (Å²) in [5.74, 6) is -0.731. The maximum atomic E-state index is 12.9. The molecule has 1 aromatic heterocycles. The smallest absolute Gasteiger partial charge is 0.310 e. The molecule has 0 bridgehead atoms. The summed E-state index contributed by atoms with van der Waals surface area (Å²) in [5.41, 5.74) is -0.172. The van der Waals surface area contributed by atoms with Gasteiger partial charge >= 0.3 is 5.97 Å². The van der Waals surface area contributed by atoms with Crippen LogP contribution in [0.15, 0.2) is 6.20 Å². The van der Waals surface area contributed by atoms with E-state index >= 15 is 0 Å². The summed E-state index contributed by atoms with van der Waals surface area (Å²) in [6.07, 6.45) is -2.03. The molecule has 0 aromatic carbocycles. The van der Waals surface area contributed by atoms with Crippen LogP contribution < -0.4 is 0 Å². The molecule has 7 heteroatoms. The van der Waals surface area contributed by atoms with E-state index in [2.05, 4.69) is 9.72 Å². The van der Waals surface area contributed by atoms with Crippen molar-refractivity contribution in [3.63, 3.8) is 0 Å². The van der Waals surface area contributed by atoms with Gasteiger partial charge in [-0.1, -0.05) is 11.6 Å². The fourth-order valence-corrected chi connectivity index (χ4v) is 1.82. The summed E-state index contributed by atoms with van der Waals surface area (Å²) in [4.78, 5) is 15.0. The van der Waals surface area contributed by atoms with Gasteiger partial charge in [0.25, 0.3) is 6.43 Å². The highest BCUT2D eigenvalue weighted by atomic mass is 35.5. The van der Waals surface area contributed by atoms with Crippen LogP contribution in [0, 0.1) is 0 Å². The molecule has 94 valence electrons. The van der Waals surface area contributed by atoms with Crippen molar-refractivity contribution in [3.05, 3.63) is 28.0 Å². The number of aromatic nitrogens is 1. The van der Waals surface area contributed by atoms with Crippen LogP contribution in [0.3, 0.4) is 0 Å². The number of alkyl halides is 3. The van der Waals surface area contributed by atoms with Crippen molar-refractivity contribution in [3.8, 4) is 0 Å². The average Bonchev–Trinajstić information content (AvgIpc) is 2.28. The van der Waals surface area contributed by atoms with Gasteiger partial charge in [0.2, 0.25) is 0 Å². The Morgan fingerprint density at radius 2 is 2.24 bits per heavy atom. The number of ether oxygens (including phenoxy) is 1. The second-order valence-corrected chi connectivity index (χ2v) is 3.81. The number of rotatable bonds is 4. The third-order valence-corrected chi connectivity index (χ3v) is 2.71. The number of nitrogens with zero attached hydrogens (tertiary/aromatic N) is 1. The summed E-state index contributed by atoms with van der Waals surface area (Å²) in [7, 11) is 1.17. The molecule has 0 atom stereocenters. The Labute approximate surface area is 107 Å². The molecule has 0 aliphatic heterocycles. The quantitative estimate of drug-likeness (QED) is 0.630. The van der Waals surface area contributed by atoms with Gasteiger partial charge < -0.3 is 4.74 Å². The molecule has 0 fully saturated rings. The first-order chi connectivity index (χ1) is 8.01. The van der Waals surface area contributed by atoms with Gasteiger partial charge in [-0.2, -0.15) is 0 Å². The zero-order valence-corrected chi connectivity index (χ0v) is 10.4. The molecule has 0 amide bonds. The first-order valence-corrected chi connectivity index (χ1v) is 5.49. The largest absolute Gasteiger partial charge is 0.469 e. The van der Waals surface area contributed by atoms with E-state index in [-0.39, 0.29) is 28.6 Å². The second-order valence-electron chi connectivity index (χ2n) is 3.13. The van der Waals surface area contributed by atoms with Crippen LogP contribution in [-0.2, 0) is 21.8 Å². The van der Waals surface area contributed by atoms with E-state index in [4.69, 9.17) is 23.2 Å². The summed E-state index contributed by atoms with van der Waals surface area (Å²) in [6.45, 7) is 0. The molecule has 0 unspecified atom stereocenters. The maximum Gasteiger partial charge on any atom is 0.310 e. The molecule has 1 heterocycles. The van der Waals surface area contributed by atoms with Crippen LogP contribution in [-0.4, -0.2) is 18.1 Å². The van der Waals surface area contributed by atoms with Crippen LogP contribution in [0.5, 0.6) is 0 Å². The Balaban J connectivity index is 3.29. The summed E-state index contributed by atoms with van der Waals surface area (Å²) in [5, 5.41) is -0.187. The first kappa shape index (κ1) is 14.1. The summed E-state index contributed by atoms with van der Waals surface area (Å²) >= 11 is 11.2. The van der Waals surface area contributed by atoms with Crippen molar-refractivity contribution in [2.75, 3.05) is 7.11 Å². The zero-order valence-electron chi connectivity index (χ0n) is 8.84. The van der Waals surface area contributed by atoms with Crippen molar-refractivity contribution in [2.24, 2.45) is 0 Å². The van der Waals surface area contributed by atoms with Gasteiger partial charge in [-0.3, -0.25) is 9.78 Å². The average molecular weight is 284 g/mol. The van der Waals surface area contributed by atoms with E-state index in [0.717, 1.165) is 6.20 Å². The molecular weight excluding hydrogens is 275 g/mol. The highest BCUT2D eigenvalue weighted by molar-refractivity contribution is 6.31. The first-order valence-electron chi connectivity index (χ1n) is 4.58. The second kappa shape index (κ2) is 6.12. The molecule has 0 saturated heterocycles. The van der Waals surface area contributed by atoms with Crippen LogP contribution >= 0.6 is 23.2 Å². The van der Waals surface area contributed by atoms with Crippen LogP contribution in [0.1, 0.15) is 23.2 Å². The van der Waals surface area contributed by atoms with Crippen molar-refractivity contribution >= 4 is 29.2 Å². The van der Waals surface area contributed by atoms with Crippen LogP contribution in [0.4, 0.5) is 8.78 Å². The SMILES string of the molecule is COC(=O)Cc1c(CCl)ncc(Cl)c1C(F)F. The molecule has 1 aromatic rings. The van der Waals surface area contributed by atoms with E-state index < -0.39 is 18.0 Å². The van der Waals surface area contributed by atoms with Gasteiger partial charge in [0.15, 0.2) is 0 Å². The lowest BCUT2D eigenvalue weighted by molar-refractivity contribution is -0.139. The molecule has 1 rings (SSSR count). The molecule has 0 N–H and O–H groups in total. The van der Waals surface area contributed by atoms with Gasteiger partial charge in [0.05, 0.1) is 30.1 Å². The lowest BCUT2D eigenvalue weighted by Gasteiger charge is -2.12. The molecule has 0 aliphatic rings. The van der Waals surface area contributed by atoms with E-state index in [1.54, 1.807) is 0 Å². The summed E-state index contributed by atoms with van der Waals surface area (Å²) in [6, 6.07) is 0. The number of pyridine rings is 1. The minimum absolute atomic E-state index is 0.0364. The van der Waals surface area contributed by atoms with Gasteiger partial charge in [-0.15, -0.1) is 11.6 Å². The van der Waals surface area contributed by atoms with Crippen molar-refractivity contribution in [1.29, 1.82) is 0 Å². The molecule has 17 heavy (non-hydrogen) atoms. The van der Waals surface area contributed by atoms with Crippen molar-refractivity contribution in [1.82, 2.24) is 4.98 Å². The van der Waals surface area contributed by atoms with E-state index in [1.165, 1.54) is 7.11 Å². The minimum atomic E-state index is -2.80. The predicted octanol–water partition coefficient (Wildman–Crippen LogP) is 3.13. The Hall–Kier alpha value is -0.940. The molecule has 3 nitrogen and oxygen atoms in total. The predicted molar refractivity (Wildman–Crippen MR) is 59.5 cm³/mol. The number of carbonyl (C=O) groups is 1. The van der Waals surface area contributed by atoms with E-state index in [1.807, 2.05) is 0 Å². The normalized spacial score (nSPS) is 10.7. The Kier molecular flexibility index (Phi) is 5.08. The lowest BCUT2D eigenvalue weighted by Crippen LogP contribution is -2.11. The fraction of sp³-hybridized carbons (Fsp3) is 0.400. The number of hydrogen-bond donors (Lipinski definition) is 0. The number of esters is 1. The standard InChI is InChI=1S/C10H9Cl2F2NO2/c1-17-8(16)2-5-7(3-11)15-4-6(12)9(5)10(13)14/h4,10H,2-3H2,1H3. The monoisotopic (exact) mass is 283 g/mol. The van der Waals surface area contributed by atoms with Crippen LogP contribution in [0.2, 0.25) is 5.02 Å². The molecule has 0 saturated carbocycles. The van der Waals surface area contributed by atoms with Gasteiger partial charge in [0, 0.05) is 11.8 Å². The highest BCUT2D eigenvalue weighted by Gasteiger charge is 2.22. The lowest BCUT2D eigenvalue weighted by atomic mass is 10.0. The molecule has 0 aliphatic carbocycles. The summed E-state index contributed by atoms with van der Waals surface area (Å²) < 4.78 is 30.1. The van der Waals surface area contributed by atoms with Gasteiger partial charge in [0.1, 0.15) is 0 Å². The molecular formula is C10H9Cl2F2NO2. The zero-order chi connectivity index (χ0) is 13.0. The Morgan fingerprint density at radius 3 is 2.71 bits per heavy atom. The topological polar surface area (TPSA) is 39.2 Å². The molecule has 0 spiro atoms. The van der Waals surface area contributed by atoms with Crippen LogP contribution in [0.25, 0.3) is 0 Å². The van der Waals surface area contributed by atoms with Crippen molar-refractivity contribution in [2.45, 2.75) is 18.7 Å². The van der Waals surface area contributed by atoms with E-state index in [9.17, 15) is 13.6 Å². The third kappa shape index (κ3) is 3.26. The molecule has 0 radical (unpaired) electrons. The minimum Gasteiger partial charge on any atom is -0.469 e. The highest BCUT2D eigenvalue weighted by Crippen LogP contribution is 2.32. The number of halogens is 4. The van der Waals surface area contributed by atoms with E-state index in [0.29, 0.717) is 0 Å².